The van der Waals surface area contributed by atoms with Gasteiger partial charge in [-0.15, -0.1) is 6.58 Å². The fourth-order valence-electron chi connectivity index (χ4n) is 0.959. The second-order valence-electron chi connectivity index (χ2n) is 2.88. The predicted octanol–water partition coefficient (Wildman–Crippen LogP) is 1.07. The highest BCUT2D eigenvalue weighted by atomic mass is 16.5. The first-order valence-electron chi connectivity index (χ1n) is 4.52. The molecule has 15 heavy (non-hydrogen) atoms. The maximum atomic E-state index is 11.1. The highest BCUT2D eigenvalue weighted by Gasteiger charge is 2.01. The number of amides is 1. The summed E-state index contributed by atoms with van der Waals surface area (Å²) in [5, 5.41) is 11.7. The Hall–Kier alpha value is -1.97. The van der Waals surface area contributed by atoms with Crippen molar-refractivity contribution in [3.8, 4) is 11.5 Å². The Morgan fingerprint density at radius 2 is 2.40 bits per heavy atom. The number of nitrogens with one attached hydrogen (secondary N) is 1. The van der Waals surface area contributed by atoms with E-state index in [0.29, 0.717) is 12.3 Å². The van der Waals surface area contributed by atoms with Gasteiger partial charge in [0.15, 0.2) is 6.61 Å². The molecule has 1 aromatic carbocycles. The van der Waals surface area contributed by atoms with E-state index < -0.39 is 0 Å². The van der Waals surface area contributed by atoms with Gasteiger partial charge in [0, 0.05) is 12.6 Å². The van der Waals surface area contributed by atoms with Gasteiger partial charge < -0.3 is 15.2 Å². The summed E-state index contributed by atoms with van der Waals surface area (Å²) >= 11 is 0. The summed E-state index contributed by atoms with van der Waals surface area (Å²) in [6, 6.07) is 6.29. The van der Waals surface area contributed by atoms with Gasteiger partial charge in [-0.1, -0.05) is 12.1 Å². The van der Waals surface area contributed by atoms with Crippen molar-refractivity contribution in [2.45, 2.75) is 0 Å². The molecule has 0 atom stereocenters. The van der Waals surface area contributed by atoms with Crippen LogP contribution in [0.1, 0.15) is 0 Å². The molecule has 0 aromatic heterocycles. The molecule has 1 aromatic rings. The van der Waals surface area contributed by atoms with Gasteiger partial charge in [0.1, 0.15) is 11.5 Å². The van der Waals surface area contributed by atoms with Gasteiger partial charge in [0.2, 0.25) is 0 Å². The van der Waals surface area contributed by atoms with Crippen LogP contribution in [0.5, 0.6) is 11.5 Å². The SMILES string of the molecule is C=CCNC(=O)COc1cccc(O)c1. The minimum Gasteiger partial charge on any atom is -0.508 e. The number of aromatic hydroxyl groups is 1. The Morgan fingerprint density at radius 1 is 1.60 bits per heavy atom. The lowest BCUT2D eigenvalue weighted by Crippen LogP contribution is -2.28. The lowest BCUT2D eigenvalue weighted by molar-refractivity contribution is -0.122. The van der Waals surface area contributed by atoms with E-state index in [9.17, 15) is 4.79 Å². The monoisotopic (exact) mass is 207 g/mol. The van der Waals surface area contributed by atoms with Crippen LogP contribution in [-0.4, -0.2) is 24.2 Å². The third-order valence-corrected chi connectivity index (χ3v) is 1.63. The van der Waals surface area contributed by atoms with Gasteiger partial charge in [0.25, 0.3) is 5.91 Å². The molecule has 0 spiro atoms. The van der Waals surface area contributed by atoms with Crippen molar-refractivity contribution in [3.63, 3.8) is 0 Å². The first kappa shape index (κ1) is 11.1. The van der Waals surface area contributed by atoms with E-state index in [1.165, 1.54) is 12.1 Å². The normalized spacial score (nSPS) is 9.33. The summed E-state index contributed by atoms with van der Waals surface area (Å²) in [5.41, 5.74) is 0. The highest BCUT2D eigenvalue weighted by molar-refractivity contribution is 5.77. The maximum absolute atomic E-state index is 11.1. The van der Waals surface area contributed by atoms with E-state index in [2.05, 4.69) is 11.9 Å². The van der Waals surface area contributed by atoms with Crippen molar-refractivity contribution in [1.82, 2.24) is 5.32 Å². The topological polar surface area (TPSA) is 58.6 Å². The van der Waals surface area contributed by atoms with Crippen molar-refractivity contribution in [2.24, 2.45) is 0 Å². The second-order valence-corrected chi connectivity index (χ2v) is 2.88. The van der Waals surface area contributed by atoms with Crippen molar-refractivity contribution < 1.29 is 14.6 Å². The molecule has 0 saturated carbocycles. The van der Waals surface area contributed by atoms with Gasteiger partial charge in [-0.2, -0.15) is 0 Å². The van der Waals surface area contributed by atoms with Crippen LogP contribution in [0.15, 0.2) is 36.9 Å². The average Bonchev–Trinajstić information content (AvgIpc) is 2.23. The Labute approximate surface area is 88.2 Å². The summed E-state index contributed by atoms with van der Waals surface area (Å²) in [5.74, 6) is 0.348. The molecular weight excluding hydrogens is 194 g/mol. The summed E-state index contributed by atoms with van der Waals surface area (Å²) < 4.78 is 5.14. The quantitative estimate of drug-likeness (QED) is 0.710. The summed E-state index contributed by atoms with van der Waals surface area (Å²) in [4.78, 5) is 11.1. The van der Waals surface area contributed by atoms with E-state index in [1.54, 1.807) is 18.2 Å². The minimum absolute atomic E-state index is 0.0721. The van der Waals surface area contributed by atoms with Crippen LogP contribution in [0.2, 0.25) is 0 Å². The lowest BCUT2D eigenvalue weighted by Gasteiger charge is -2.05. The van der Waals surface area contributed by atoms with Gasteiger partial charge >= 0.3 is 0 Å². The molecule has 4 nitrogen and oxygen atoms in total. The molecular formula is C11H13NO3. The highest BCUT2D eigenvalue weighted by Crippen LogP contribution is 2.17. The molecule has 2 N–H and O–H groups in total. The molecule has 0 unspecified atom stereocenters. The van der Waals surface area contributed by atoms with Gasteiger partial charge in [-0.05, 0) is 12.1 Å². The van der Waals surface area contributed by atoms with Crippen LogP contribution >= 0.6 is 0 Å². The largest absolute Gasteiger partial charge is 0.508 e. The number of hydrogen-bond acceptors (Lipinski definition) is 3. The molecule has 0 saturated heterocycles. The fourth-order valence-corrected chi connectivity index (χ4v) is 0.959. The molecule has 0 aliphatic heterocycles. The fraction of sp³-hybridized carbons (Fsp3) is 0.182. The van der Waals surface area contributed by atoms with E-state index in [0.717, 1.165) is 0 Å². The van der Waals surface area contributed by atoms with Crippen LogP contribution in [0, 0.1) is 0 Å². The second kappa shape index (κ2) is 5.70. The van der Waals surface area contributed by atoms with Crippen LogP contribution in [0.3, 0.4) is 0 Å². The summed E-state index contributed by atoms with van der Waals surface area (Å²) in [7, 11) is 0. The van der Waals surface area contributed by atoms with Gasteiger partial charge in [-0.3, -0.25) is 4.79 Å². The van der Waals surface area contributed by atoms with Crippen LogP contribution < -0.4 is 10.1 Å². The van der Waals surface area contributed by atoms with Crippen LogP contribution in [0.25, 0.3) is 0 Å². The standard InChI is InChI=1S/C11H13NO3/c1-2-6-12-11(14)8-15-10-5-3-4-9(13)7-10/h2-5,7,13H,1,6,8H2,(H,12,14). The lowest BCUT2D eigenvalue weighted by atomic mass is 10.3. The minimum atomic E-state index is -0.224. The number of hydrogen-bond donors (Lipinski definition) is 2. The number of carbonyl (C=O) groups is 1. The third-order valence-electron chi connectivity index (χ3n) is 1.63. The smallest absolute Gasteiger partial charge is 0.258 e. The van der Waals surface area contributed by atoms with Crippen LogP contribution in [-0.2, 0) is 4.79 Å². The molecule has 0 heterocycles. The molecule has 80 valence electrons. The average molecular weight is 207 g/mol. The van der Waals surface area contributed by atoms with Crippen molar-refractivity contribution in [3.05, 3.63) is 36.9 Å². The number of phenols is 1. The molecule has 1 rings (SSSR count). The number of rotatable bonds is 5. The Bertz CT molecular complexity index is 349. The number of ether oxygens (including phenoxy) is 1. The van der Waals surface area contributed by atoms with Crippen molar-refractivity contribution in [1.29, 1.82) is 0 Å². The summed E-state index contributed by atoms with van der Waals surface area (Å²) in [6.07, 6.45) is 1.59. The molecule has 0 aliphatic carbocycles. The predicted molar refractivity (Wildman–Crippen MR) is 56.8 cm³/mol. The number of carbonyl (C=O) groups excluding carboxylic acids is 1. The zero-order valence-electron chi connectivity index (χ0n) is 8.27. The van der Waals surface area contributed by atoms with Crippen molar-refractivity contribution in [2.75, 3.05) is 13.2 Å². The summed E-state index contributed by atoms with van der Waals surface area (Å²) in [6.45, 7) is 3.82. The van der Waals surface area contributed by atoms with E-state index in [1.807, 2.05) is 0 Å². The van der Waals surface area contributed by atoms with Crippen molar-refractivity contribution >= 4 is 5.91 Å². The van der Waals surface area contributed by atoms with E-state index in [-0.39, 0.29) is 18.3 Å². The Balaban J connectivity index is 2.36. The van der Waals surface area contributed by atoms with Gasteiger partial charge in [-0.25, -0.2) is 0 Å². The molecule has 0 aliphatic rings. The van der Waals surface area contributed by atoms with E-state index in [4.69, 9.17) is 9.84 Å². The first-order chi connectivity index (χ1) is 7.22. The molecule has 4 heteroatoms. The zero-order valence-corrected chi connectivity index (χ0v) is 8.27. The third kappa shape index (κ3) is 4.17. The Kier molecular flexibility index (Phi) is 4.22. The first-order valence-corrected chi connectivity index (χ1v) is 4.52. The molecule has 0 bridgehead atoms. The zero-order chi connectivity index (χ0) is 11.1. The Morgan fingerprint density at radius 3 is 3.07 bits per heavy atom. The molecule has 0 fully saturated rings. The van der Waals surface area contributed by atoms with Crippen LogP contribution in [0.4, 0.5) is 0 Å². The number of phenolic OH excluding ortho intramolecular Hbond substituents is 1. The number of benzene rings is 1. The van der Waals surface area contributed by atoms with E-state index >= 15 is 0 Å². The maximum Gasteiger partial charge on any atom is 0.258 e. The van der Waals surface area contributed by atoms with Gasteiger partial charge in [0.05, 0.1) is 0 Å². The molecule has 0 radical (unpaired) electrons. The molecule has 1 amide bonds.